The van der Waals surface area contributed by atoms with E-state index in [1.807, 2.05) is 40.8 Å². The van der Waals surface area contributed by atoms with Crippen LogP contribution < -0.4 is 0 Å². The summed E-state index contributed by atoms with van der Waals surface area (Å²) in [4.78, 5) is 17.1. The summed E-state index contributed by atoms with van der Waals surface area (Å²) in [6, 6.07) is 10.1. The van der Waals surface area contributed by atoms with Crippen LogP contribution in [0.25, 0.3) is 0 Å². The third kappa shape index (κ3) is 3.44. The fourth-order valence-corrected chi connectivity index (χ4v) is 3.61. The molecule has 3 rings (SSSR count). The van der Waals surface area contributed by atoms with Gasteiger partial charge in [0.15, 0.2) is 0 Å². The highest BCUT2D eigenvalue weighted by atomic mass is 35.5. The molecule has 0 atom stereocenters. The second kappa shape index (κ2) is 6.42. The molecular weight excluding hydrogens is 322 g/mol. The van der Waals surface area contributed by atoms with E-state index < -0.39 is 0 Å². The zero-order valence-electron chi connectivity index (χ0n) is 11.7. The molecule has 0 radical (unpaired) electrons. The van der Waals surface area contributed by atoms with E-state index in [-0.39, 0.29) is 5.91 Å². The molecule has 0 saturated heterocycles. The van der Waals surface area contributed by atoms with Crippen molar-refractivity contribution in [1.82, 2.24) is 4.90 Å². The van der Waals surface area contributed by atoms with Crippen LogP contribution in [0, 0.1) is 0 Å². The van der Waals surface area contributed by atoms with Gasteiger partial charge in [0.1, 0.15) is 0 Å². The van der Waals surface area contributed by atoms with E-state index in [0.717, 1.165) is 17.7 Å². The van der Waals surface area contributed by atoms with Gasteiger partial charge in [0.25, 0.3) is 5.91 Å². The average Bonchev–Trinajstić information content (AvgIpc) is 3.21. The zero-order chi connectivity index (χ0) is 14.8. The first kappa shape index (κ1) is 14.9. The number of halogens is 1. The second-order valence-electron chi connectivity index (χ2n) is 5.09. The molecule has 110 valence electrons. The summed E-state index contributed by atoms with van der Waals surface area (Å²) < 4.78 is 0. The van der Waals surface area contributed by atoms with Gasteiger partial charge in [0.05, 0.1) is 17.1 Å². The van der Waals surface area contributed by atoms with Crippen LogP contribution >= 0.6 is 34.7 Å². The van der Waals surface area contributed by atoms with Crippen LogP contribution in [0.1, 0.15) is 28.1 Å². The molecule has 1 aromatic heterocycles. The van der Waals surface area contributed by atoms with Gasteiger partial charge in [0.2, 0.25) is 0 Å². The van der Waals surface area contributed by atoms with Gasteiger partial charge in [-0.05, 0) is 48.7 Å². The molecule has 0 bridgehead atoms. The van der Waals surface area contributed by atoms with Gasteiger partial charge < -0.3 is 4.90 Å². The third-order valence-electron chi connectivity index (χ3n) is 3.56. The number of nitrogens with zero attached hydrogens (tertiary/aromatic N) is 1. The van der Waals surface area contributed by atoms with Crippen LogP contribution in [-0.2, 0) is 6.54 Å². The van der Waals surface area contributed by atoms with E-state index in [0.29, 0.717) is 23.2 Å². The van der Waals surface area contributed by atoms with Crippen LogP contribution in [0.4, 0.5) is 0 Å². The van der Waals surface area contributed by atoms with E-state index in [4.69, 9.17) is 11.6 Å². The van der Waals surface area contributed by atoms with Gasteiger partial charge in [-0.3, -0.25) is 4.79 Å². The van der Waals surface area contributed by atoms with Gasteiger partial charge in [-0.15, -0.1) is 23.1 Å². The summed E-state index contributed by atoms with van der Waals surface area (Å²) in [5.41, 5.74) is 0.618. The lowest BCUT2D eigenvalue weighted by atomic mass is 10.2. The molecule has 2 nitrogen and oxygen atoms in total. The van der Waals surface area contributed by atoms with Crippen LogP contribution in [0.5, 0.6) is 0 Å². The Morgan fingerprint density at radius 3 is 2.86 bits per heavy atom. The molecule has 1 fully saturated rings. The zero-order valence-corrected chi connectivity index (χ0v) is 14.1. The maximum absolute atomic E-state index is 12.9. The fraction of sp³-hybridized carbons (Fsp3) is 0.312. The number of carbonyl (C=O) groups is 1. The summed E-state index contributed by atoms with van der Waals surface area (Å²) >= 11 is 9.56. The monoisotopic (exact) mass is 337 g/mol. The summed E-state index contributed by atoms with van der Waals surface area (Å²) in [5.74, 6) is 0.0480. The first-order chi connectivity index (χ1) is 10.2. The quantitative estimate of drug-likeness (QED) is 0.721. The van der Waals surface area contributed by atoms with Crippen molar-refractivity contribution in [3.05, 3.63) is 51.2 Å². The molecule has 0 spiro atoms. The molecule has 2 aromatic rings. The van der Waals surface area contributed by atoms with Crippen molar-refractivity contribution in [2.45, 2.75) is 30.3 Å². The molecule has 1 heterocycles. The standard InChI is InChI=1S/C16H16ClNOS2/c1-20-12-6-7-15(17)14(9-12)16(19)18(11-4-5-11)10-13-3-2-8-21-13/h2-3,6-9,11H,4-5,10H2,1H3. The Balaban J connectivity index is 1.87. The minimum atomic E-state index is 0.0480. The summed E-state index contributed by atoms with van der Waals surface area (Å²) in [6.07, 6.45) is 4.19. The van der Waals surface area contributed by atoms with Crippen LogP contribution in [0.3, 0.4) is 0 Å². The number of amides is 1. The maximum Gasteiger partial charge on any atom is 0.255 e. The first-order valence-corrected chi connectivity index (χ1v) is 9.34. The lowest BCUT2D eigenvalue weighted by Crippen LogP contribution is -2.32. The van der Waals surface area contributed by atoms with Crippen molar-refractivity contribution in [2.24, 2.45) is 0 Å². The number of carbonyl (C=O) groups excluding carboxylic acids is 1. The smallest absolute Gasteiger partial charge is 0.255 e. The predicted octanol–water partition coefficient (Wildman–Crippen LogP) is 4.93. The molecule has 1 aromatic carbocycles. The van der Waals surface area contributed by atoms with Gasteiger partial charge in [0, 0.05) is 15.8 Å². The molecule has 0 aliphatic heterocycles. The normalized spacial score (nSPS) is 14.2. The SMILES string of the molecule is CSc1ccc(Cl)c(C(=O)N(Cc2cccs2)C2CC2)c1. The van der Waals surface area contributed by atoms with Gasteiger partial charge in [-0.2, -0.15) is 0 Å². The van der Waals surface area contributed by atoms with Crippen molar-refractivity contribution in [3.63, 3.8) is 0 Å². The van der Waals surface area contributed by atoms with Crippen molar-refractivity contribution in [1.29, 1.82) is 0 Å². The largest absolute Gasteiger partial charge is 0.330 e. The topological polar surface area (TPSA) is 20.3 Å². The highest BCUT2D eigenvalue weighted by molar-refractivity contribution is 7.98. The minimum Gasteiger partial charge on any atom is -0.330 e. The fourth-order valence-electron chi connectivity index (χ4n) is 2.27. The number of hydrogen-bond donors (Lipinski definition) is 0. The Labute approximate surface area is 138 Å². The summed E-state index contributed by atoms with van der Waals surface area (Å²) in [7, 11) is 0. The van der Waals surface area contributed by atoms with Crippen LogP contribution in [0.2, 0.25) is 5.02 Å². The Hall–Kier alpha value is -0.970. The van der Waals surface area contributed by atoms with Crippen LogP contribution in [-0.4, -0.2) is 23.1 Å². The Morgan fingerprint density at radius 2 is 2.24 bits per heavy atom. The highest BCUT2D eigenvalue weighted by Gasteiger charge is 2.34. The predicted molar refractivity (Wildman–Crippen MR) is 90.4 cm³/mol. The highest BCUT2D eigenvalue weighted by Crippen LogP contribution is 2.32. The van der Waals surface area contributed by atoms with Gasteiger partial charge in [-0.1, -0.05) is 17.7 Å². The number of thioether (sulfide) groups is 1. The van der Waals surface area contributed by atoms with Crippen LogP contribution in [0.15, 0.2) is 40.6 Å². The Morgan fingerprint density at radius 1 is 1.43 bits per heavy atom. The van der Waals surface area contributed by atoms with E-state index >= 15 is 0 Å². The number of benzene rings is 1. The molecule has 1 aliphatic rings. The van der Waals surface area contributed by atoms with Gasteiger partial charge in [-0.25, -0.2) is 0 Å². The lowest BCUT2D eigenvalue weighted by Gasteiger charge is -2.22. The molecule has 1 aliphatic carbocycles. The summed E-state index contributed by atoms with van der Waals surface area (Å²) in [6.45, 7) is 0.682. The average molecular weight is 338 g/mol. The molecule has 1 amide bonds. The molecule has 0 N–H and O–H groups in total. The Kier molecular flexibility index (Phi) is 4.57. The van der Waals surface area contributed by atoms with Crippen molar-refractivity contribution in [3.8, 4) is 0 Å². The second-order valence-corrected chi connectivity index (χ2v) is 7.41. The molecule has 1 saturated carbocycles. The molecule has 5 heteroatoms. The number of rotatable bonds is 5. The van der Waals surface area contributed by atoms with Crippen molar-refractivity contribution < 1.29 is 4.79 Å². The molecule has 0 unspecified atom stereocenters. The summed E-state index contributed by atoms with van der Waals surface area (Å²) in [5, 5.41) is 2.58. The van der Waals surface area contributed by atoms with E-state index in [9.17, 15) is 4.79 Å². The Bertz CT molecular complexity index is 638. The maximum atomic E-state index is 12.9. The first-order valence-electron chi connectivity index (χ1n) is 6.86. The third-order valence-corrected chi connectivity index (χ3v) is 5.47. The minimum absolute atomic E-state index is 0.0480. The lowest BCUT2D eigenvalue weighted by molar-refractivity contribution is 0.0731. The van der Waals surface area contributed by atoms with E-state index in [1.54, 1.807) is 23.1 Å². The van der Waals surface area contributed by atoms with Gasteiger partial charge >= 0.3 is 0 Å². The molecule has 21 heavy (non-hydrogen) atoms. The van der Waals surface area contributed by atoms with Crippen molar-refractivity contribution >= 4 is 40.6 Å². The number of thiophene rings is 1. The number of hydrogen-bond acceptors (Lipinski definition) is 3. The van der Waals surface area contributed by atoms with Crippen molar-refractivity contribution in [2.75, 3.05) is 6.26 Å². The molecular formula is C16H16ClNOS2. The van der Waals surface area contributed by atoms with E-state index in [2.05, 4.69) is 6.07 Å². The van der Waals surface area contributed by atoms with E-state index in [1.165, 1.54) is 4.88 Å².